The first-order valence-corrected chi connectivity index (χ1v) is 8.64. The number of sulfonamides is 1. The number of hydrogen-bond acceptors (Lipinski definition) is 3. The van der Waals surface area contributed by atoms with Crippen molar-refractivity contribution in [2.45, 2.75) is 58.0 Å². The lowest BCUT2D eigenvalue weighted by Crippen LogP contribution is -2.32. The highest BCUT2D eigenvalue weighted by Crippen LogP contribution is 2.23. The number of rotatable bonds is 6. The minimum Gasteiger partial charge on any atom is -0.334 e. The van der Waals surface area contributed by atoms with E-state index in [9.17, 15) is 8.42 Å². The summed E-state index contributed by atoms with van der Waals surface area (Å²) in [6, 6.07) is 0. The molecule has 0 fully saturated rings. The third-order valence-corrected chi connectivity index (χ3v) is 4.50. The topological polar surface area (TPSA) is 64.0 Å². The first-order chi connectivity index (χ1) is 9.05. The second kappa shape index (κ2) is 6.45. The average Bonchev–Trinajstić information content (AvgIpc) is 2.66. The summed E-state index contributed by atoms with van der Waals surface area (Å²) >= 11 is 6.17. The van der Waals surface area contributed by atoms with Crippen LogP contribution in [-0.4, -0.2) is 29.9 Å². The molecule has 1 N–H and O–H groups in total. The van der Waals surface area contributed by atoms with Crippen LogP contribution in [0, 0.1) is 12.3 Å². The Kier molecular flexibility index (Phi) is 5.63. The van der Waals surface area contributed by atoms with Gasteiger partial charge in [-0.2, -0.15) is 0 Å². The molecule has 0 radical (unpaired) electrons. The van der Waals surface area contributed by atoms with Crippen molar-refractivity contribution in [2.75, 3.05) is 6.54 Å². The van der Waals surface area contributed by atoms with E-state index in [1.165, 1.54) is 0 Å². The Morgan fingerprint density at radius 3 is 2.50 bits per heavy atom. The van der Waals surface area contributed by atoms with Crippen LogP contribution in [0.1, 0.15) is 39.9 Å². The molecule has 0 bridgehead atoms. The van der Waals surface area contributed by atoms with Gasteiger partial charge in [0, 0.05) is 24.7 Å². The molecule has 0 saturated heterocycles. The number of imidazole rings is 1. The van der Waals surface area contributed by atoms with Gasteiger partial charge in [-0.1, -0.05) is 20.8 Å². The van der Waals surface area contributed by atoms with Gasteiger partial charge in [0.2, 0.25) is 0 Å². The van der Waals surface area contributed by atoms with Crippen LogP contribution >= 0.6 is 11.6 Å². The molecule has 0 amide bonds. The number of alkyl halides is 1. The molecule has 7 heteroatoms. The smallest absolute Gasteiger partial charge is 0.259 e. The predicted molar refractivity (Wildman–Crippen MR) is 81.5 cm³/mol. The minimum atomic E-state index is -3.59. The lowest BCUT2D eigenvalue weighted by molar-refractivity contribution is 0.369. The van der Waals surface area contributed by atoms with Crippen LogP contribution in [0.5, 0.6) is 0 Å². The van der Waals surface area contributed by atoms with Crippen molar-refractivity contribution < 1.29 is 8.42 Å². The quantitative estimate of drug-likeness (QED) is 0.819. The number of aryl methyl sites for hydroxylation is 2. The maximum Gasteiger partial charge on any atom is 0.259 e. The molecule has 1 heterocycles. The fourth-order valence-electron chi connectivity index (χ4n) is 1.94. The summed E-state index contributed by atoms with van der Waals surface area (Å²) in [6.45, 7) is 10.8. The highest BCUT2D eigenvalue weighted by Gasteiger charge is 2.22. The van der Waals surface area contributed by atoms with Gasteiger partial charge in [0.1, 0.15) is 5.82 Å². The second-order valence-corrected chi connectivity index (χ2v) is 8.46. The fourth-order valence-corrected chi connectivity index (χ4v) is 3.66. The third-order valence-electron chi connectivity index (χ3n) is 2.90. The van der Waals surface area contributed by atoms with Crippen molar-refractivity contribution >= 4 is 21.6 Å². The van der Waals surface area contributed by atoms with Crippen LogP contribution in [0.25, 0.3) is 0 Å². The number of halogens is 1. The van der Waals surface area contributed by atoms with E-state index in [-0.39, 0.29) is 22.4 Å². The molecule has 1 unspecified atom stereocenters. The number of nitrogens with one attached hydrogen (secondary N) is 1. The van der Waals surface area contributed by atoms with Gasteiger partial charge in [0.15, 0.2) is 5.03 Å². The van der Waals surface area contributed by atoms with Crippen molar-refractivity contribution in [1.82, 2.24) is 14.3 Å². The summed E-state index contributed by atoms with van der Waals surface area (Å²) in [6.07, 6.45) is 2.28. The SMILES string of the molecule is CCn1cc(S(=O)(=O)NCC(Cl)CC(C)(C)C)nc1C. The molecule has 1 aromatic rings. The fraction of sp³-hybridized carbons (Fsp3) is 0.769. The predicted octanol–water partition coefficient (Wildman–Crippen LogP) is 2.53. The zero-order chi connectivity index (χ0) is 15.6. The van der Waals surface area contributed by atoms with E-state index >= 15 is 0 Å². The van der Waals surface area contributed by atoms with Gasteiger partial charge in [-0.25, -0.2) is 18.1 Å². The second-order valence-electron chi connectivity index (χ2n) is 6.13. The number of nitrogens with zero attached hydrogens (tertiary/aromatic N) is 2. The standard InChI is InChI=1S/C13H24ClN3O2S/c1-6-17-9-12(16-10(17)2)20(18,19)15-8-11(14)7-13(3,4)5/h9,11,15H,6-8H2,1-5H3. The number of hydrogen-bond donors (Lipinski definition) is 1. The molecule has 0 aliphatic heterocycles. The summed E-state index contributed by atoms with van der Waals surface area (Å²) in [5, 5.41) is -0.185. The van der Waals surface area contributed by atoms with Crippen LogP contribution in [-0.2, 0) is 16.6 Å². The Balaban J connectivity index is 2.70. The maximum absolute atomic E-state index is 12.1. The molecule has 0 aromatic carbocycles. The van der Waals surface area contributed by atoms with Crippen LogP contribution in [0.15, 0.2) is 11.2 Å². The van der Waals surface area contributed by atoms with E-state index in [1.807, 2.05) is 6.92 Å². The van der Waals surface area contributed by atoms with Gasteiger partial charge in [-0.3, -0.25) is 0 Å². The Morgan fingerprint density at radius 1 is 1.45 bits per heavy atom. The van der Waals surface area contributed by atoms with E-state index in [2.05, 4.69) is 30.5 Å². The average molecular weight is 322 g/mol. The van der Waals surface area contributed by atoms with E-state index in [0.717, 1.165) is 6.42 Å². The highest BCUT2D eigenvalue weighted by atomic mass is 35.5. The molecule has 1 aromatic heterocycles. The molecule has 0 saturated carbocycles. The molecule has 20 heavy (non-hydrogen) atoms. The van der Waals surface area contributed by atoms with Gasteiger partial charge >= 0.3 is 0 Å². The van der Waals surface area contributed by atoms with E-state index < -0.39 is 10.0 Å². The molecule has 0 aliphatic carbocycles. The minimum absolute atomic E-state index is 0.0523. The van der Waals surface area contributed by atoms with Crippen LogP contribution in [0.4, 0.5) is 0 Å². The lowest BCUT2D eigenvalue weighted by atomic mass is 9.90. The molecule has 1 atom stereocenters. The molecule has 0 aliphatic rings. The molecular formula is C13H24ClN3O2S. The maximum atomic E-state index is 12.1. The molecular weight excluding hydrogens is 298 g/mol. The largest absolute Gasteiger partial charge is 0.334 e. The monoisotopic (exact) mass is 321 g/mol. The first kappa shape index (κ1) is 17.5. The van der Waals surface area contributed by atoms with Gasteiger partial charge in [-0.05, 0) is 25.7 Å². The van der Waals surface area contributed by atoms with E-state index in [4.69, 9.17) is 11.6 Å². The summed E-state index contributed by atoms with van der Waals surface area (Å²) in [4.78, 5) is 4.08. The first-order valence-electron chi connectivity index (χ1n) is 6.72. The van der Waals surface area contributed by atoms with Crippen molar-refractivity contribution in [1.29, 1.82) is 0 Å². The van der Waals surface area contributed by atoms with Crippen molar-refractivity contribution in [3.63, 3.8) is 0 Å². The van der Waals surface area contributed by atoms with Crippen LogP contribution in [0.3, 0.4) is 0 Å². The molecule has 5 nitrogen and oxygen atoms in total. The van der Waals surface area contributed by atoms with E-state index in [1.54, 1.807) is 17.7 Å². The van der Waals surface area contributed by atoms with Gasteiger partial charge < -0.3 is 4.57 Å². The van der Waals surface area contributed by atoms with Gasteiger partial charge in [0.05, 0.1) is 0 Å². The Hall–Kier alpha value is -0.590. The molecule has 1 rings (SSSR count). The molecule has 0 spiro atoms. The van der Waals surface area contributed by atoms with Crippen molar-refractivity contribution in [2.24, 2.45) is 5.41 Å². The van der Waals surface area contributed by atoms with Gasteiger partial charge in [0.25, 0.3) is 10.0 Å². The van der Waals surface area contributed by atoms with Gasteiger partial charge in [-0.15, -0.1) is 11.6 Å². The number of aromatic nitrogens is 2. The van der Waals surface area contributed by atoms with Crippen molar-refractivity contribution in [3.05, 3.63) is 12.0 Å². The molecule has 116 valence electrons. The zero-order valence-electron chi connectivity index (χ0n) is 12.8. The Bertz CT molecular complexity index is 546. The summed E-state index contributed by atoms with van der Waals surface area (Å²) in [7, 11) is -3.59. The van der Waals surface area contributed by atoms with Crippen LogP contribution < -0.4 is 4.72 Å². The normalized spacial score (nSPS) is 14.5. The Labute approximate surface area is 126 Å². The van der Waals surface area contributed by atoms with E-state index in [0.29, 0.717) is 12.4 Å². The zero-order valence-corrected chi connectivity index (χ0v) is 14.3. The Morgan fingerprint density at radius 2 is 2.05 bits per heavy atom. The summed E-state index contributed by atoms with van der Waals surface area (Å²) < 4.78 is 28.6. The summed E-state index contributed by atoms with van der Waals surface area (Å²) in [5.74, 6) is 0.685. The lowest BCUT2D eigenvalue weighted by Gasteiger charge is -2.21. The summed E-state index contributed by atoms with van der Waals surface area (Å²) in [5.41, 5.74) is 0.0677. The van der Waals surface area contributed by atoms with Crippen molar-refractivity contribution in [3.8, 4) is 0 Å². The van der Waals surface area contributed by atoms with Crippen LogP contribution in [0.2, 0.25) is 0 Å². The highest BCUT2D eigenvalue weighted by molar-refractivity contribution is 7.89. The third kappa shape index (κ3) is 5.07.